The minimum atomic E-state index is -0.455. The van der Waals surface area contributed by atoms with Crippen molar-refractivity contribution >= 4 is 5.78 Å². The van der Waals surface area contributed by atoms with Crippen LogP contribution in [0.2, 0.25) is 0 Å². The molecular weight excluding hydrogens is 376 g/mol. The average Bonchev–Trinajstić information content (AvgIpc) is 3.20. The predicted octanol–water partition coefficient (Wildman–Crippen LogP) is 3.82. The summed E-state index contributed by atoms with van der Waals surface area (Å²) < 4.78 is 0. The van der Waals surface area contributed by atoms with E-state index in [-0.39, 0.29) is 17.9 Å². The Balaban J connectivity index is 1.35. The minimum Gasteiger partial charge on any atom is -0.390 e. The lowest BCUT2D eigenvalue weighted by Crippen LogP contribution is -2.51. The Labute approximate surface area is 180 Å². The van der Waals surface area contributed by atoms with Crippen molar-refractivity contribution in [3.8, 4) is 0 Å². The van der Waals surface area contributed by atoms with Crippen molar-refractivity contribution in [2.45, 2.75) is 91.2 Å². The number of carbonyl (C=O) groups is 1. The number of fused-ring (bicyclic) bond motifs is 5. The van der Waals surface area contributed by atoms with Gasteiger partial charge in [-0.15, -0.1) is 10.2 Å². The first-order valence-electron chi connectivity index (χ1n) is 12.2. The summed E-state index contributed by atoms with van der Waals surface area (Å²) in [5.74, 6) is 5.34. The van der Waals surface area contributed by atoms with Crippen molar-refractivity contribution in [3.63, 3.8) is 0 Å². The lowest BCUT2D eigenvalue weighted by Gasteiger charge is -2.57. The Bertz CT molecular complexity index is 820. The molecule has 30 heavy (non-hydrogen) atoms. The summed E-state index contributed by atoms with van der Waals surface area (Å²) in [5.41, 5.74) is -0.344. The number of rotatable bonds is 3. The van der Waals surface area contributed by atoms with Gasteiger partial charge in [-0.2, -0.15) is 4.80 Å². The van der Waals surface area contributed by atoms with E-state index in [0.29, 0.717) is 29.4 Å². The first-order chi connectivity index (χ1) is 14.2. The monoisotopic (exact) mass is 414 g/mol. The molecule has 1 heterocycles. The molecule has 6 nitrogen and oxygen atoms in total. The third-order valence-electron chi connectivity index (χ3n) is 9.79. The van der Waals surface area contributed by atoms with Gasteiger partial charge >= 0.3 is 0 Å². The van der Waals surface area contributed by atoms with Gasteiger partial charge in [-0.25, -0.2) is 0 Å². The Morgan fingerprint density at radius 2 is 1.90 bits per heavy atom. The topological polar surface area (TPSA) is 80.9 Å². The number of Topliss-reactive ketones (excluding diaryl/α,β-unsaturated/α-hetero) is 1. The van der Waals surface area contributed by atoms with Crippen molar-refractivity contribution in [2.75, 3.05) is 0 Å². The molecule has 6 heteroatoms. The highest BCUT2D eigenvalue weighted by molar-refractivity contribution is 5.82. The number of aromatic nitrogens is 4. The second kappa shape index (κ2) is 7.11. The van der Waals surface area contributed by atoms with E-state index in [1.807, 2.05) is 13.8 Å². The molecule has 1 N–H and O–H groups in total. The summed E-state index contributed by atoms with van der Waals surface area (Å²) in [4.78, 5) is 14.8. The molecule has 0 amide bonds. The zero-order valence-corrected chi connectivity index (χ0v) is 19.0. The van der Waals surface area contributed by atoms with E-state index in [0.717, 1.165) is 37.0 Å². The lowest BCUT2D eigenvalue weighted by molar-refractivity contribution is -0.134. The molecule has 1 aromatic heterocycles. The van der Waals surface area contributed by atoms with E-state index >= 15 is 0 Å². The van der Waals surface area contributed by atoms with E-state index in [4.69, 9.17) is 0 Å². The number of aliphatic hydroxyl groups is 1. The van der Waals surface area contributed by atoms with Crippen LogP contribution in [-0.2, 0) is 11.3 Å². The Morgan fingerprint density at radius 3 is 2.63 bits per heavy atom. The van der Waals surface area contributed by atoms with Gasteiger partial charge in [0.15, 0.2) is 11.6 Å². The standard InChI is InChI=1S/C24H38N4O2/c1-14-11-20(21(29)13-28-26-15(2)25-27-28)24(4)10-8-18-17-7-9-23(3,30)12-16(17)5-6-19(18)22(14)24/h14,16-20,22,30H,5-13H2,1-4H3/t14-,16-,17+,18-,19-,20-,22+,23-,24-/m1/s1. The van der Waals surface area contributed by atoms with Crippen LogP contribution in [0.5, 0.6) is 0 Å². The molecule has 166 valence electrons. The van der Waals surface area contributed by atoms with Crippen molar-refractivity contribution < 1.29 is 9.90 Å². The third kappa shape index (κ3) is 3.25. The first-order valence-corrected chi connectivity index (χ1v) is 12.2. The predicted molar refractivity (Wildman–Crippen MR) is 113 cm³/mol. The van der Waals surface area contributed by atoms with Crippen LogP contribution in [-0.4, -0.2) is 36.7 Å². The average molecular weight is 415 g/mol. The van der Waals surface area contributed by atoms with Crippen LogP contribution >= 0.6 is 0 Å². The maximum absolute atomic E-state index is 13.3. The van der Waals surface area contributed by atoms with Gasteiger partial charge < -0.3 is 5.11 Å². The van der Waals surface area contributed by atoms with E-state index < -0.39 is 5.60 Å². The number of aryl methyl sites for hydroxylation is 1. The van der Waals surface area contributed by atoms with Crippen LogP contribution in [0, 0.1) is 53.8 Å². The molecule has 0 saturated heterocycles. The summed E-state index contributed by atoms with van der Waals surface area (Å²) in [6, 6.07) is 0. The second-order valence-corrected chi connectivity index (χ2v) is 11.7. The van der Waals surface area contributed by atoms with E-state index in [1.54, 1.807) is 0 Å². The quantitative estimate of drug-likeness (QED) is 0.813. The van der Waals surface area contributed by atoms with Crippen molar-refractivity contribution in [1.82, 2.24) is 20.2 Å². The van der Waals surface area contributed by atoms with Gasteiger partial charge in [0.05, 0.1) is 5.60 Å². The molecule has 4 fully saturated rings. The van der Waals surface area contributed by atoms with Crippen molar-refractivity contribution in [1.29, 1.82) is 0 Å². The summed E-state index contributed by atoms with van der Waals surface area (Å²) in [5, 5.41) is 22.8. The van der Waals surface area contributed by atoms with Gasteiger partial charge in [0.1, 0.15) is 6.54 Å². The van der Waals surface area contributed by atoms with Crippen LogP contribution in [0.25, 0.3) is 0 Å². The van der Waals surface area contributed by atoms with E-state index in [2.05, 4.69) is 29.3 Å². The van der Waals surface area contributed by atoms with E-state index in [9.17, 15) is 9.90 Å². The lowest BCUT2D eigenvalue weighted by atomic mass is 9.48. The highest BCUT2D eigenvalue weighted by atomic mass is 16.3. The number of hydrogen-bond acceptors (Lipinski definition) is 5. The van der Waals surface area contributed by atoms with Gasteiger partial charge in [-0.05, 0) is 111 Å². The molecule has 0 spiro atoms. The summed E-state index contributed by atoms with van der Waals surface area (Å²) in [6.07, 6.45) is 9.14. The molecular formula is C24H38N4O2. The summed E-state index contributed by atoms with van der Waals surface area (Å²) in [7, 11) is 0. The van der Waals surface area contributed by atoms with Crippen LogP contribution in [0.15, 0.2) is 0 Å². The van der Waals surface area contributed by atoms with Gasteiger partial charge in [0, 0.05) is 5.92 Å². The highest BCUT2D eigenvalue weighted by Gasteiger charge is 2.61. The molecule has 0 aromatic carbocycles. The zero-order valence-electron chi connectivity index (χ0n) is 19.0. The fourth-order valence-corrected chi connectivity index (χ4v) is 8.76. The number of carbonyl (C=O) groups excluding carboxylic acids is 1. The maximum Gasteiger partial charge on any atom is 0.171 e. The van der Waals surface area contributed by atoms with Crippen LogP contribution < -0.4 is 0 Å². The largest absolute Gasteiger partial charge is 0.390 e. The number of tetrazole rings is 1. The van der Waals surface area contributed by atoms with Gasteiger partial charge in [-0.3, -0.25) is 4.79 Å². The number of ketones is 1. The molecule has 9 atom stereocenters. The maximum atomic E-state index is 13.3. The van der Waals surface area contributed by atoms with Crippen LogP contribution in [0.1, 0.15) is 78.0 Å². The van der Waals surface area contributed by atoms with Crippen LogP contribution in [0.3, 0.4) is 0 Å². The molecule has 4 aliphatic rings. The Morgan fingerprint density at radius 1 is 1.13 bits per heavy atom. The minimum absolute atomic E-state index is 0.111. The Kier molecular flexibility index (Phi) is 4.88. The number of hydrogen-bond donors (Lipinski definition) is 1. The van der Waals surface area contributed by atoms with Crippen molar-refractivity contribution in [2.24, 2.45) is 46.8 Å². The highest BCUT2D eigenvalue weighted by Crippen LogP contribution is 2.66. The van der Waals surface area contributed by atoms with E-state index in [1.165, 1.54) is 36.9 Å². The molecule has 4 aliphatic carbocycles. The van der Waals surface area contributed by atoms with Gasteiger partial charge in [0.25, 0.3) is 0 Å². The third-order valence-corrected chi connectivity index (χ3v) is 9.79. The molecule has 0 unspecified atom stereocenters. The fraction of sp³-hybridized carbons (Fsp3) is 0.917. The molecule has 0 bridgehead atoms. The van der Waals surface area contributed by atoms with Crippen molar-refractivity contribution in [3.05, 3.63) is 5.82 Å². The first kappa shape index (κ1) is 20.6. The normalized spacial score (nSPS) is 48.0. The molecule has 4 saturated carbocycles. The van der Waals surface area contributed by atoms with Crippen LogP contribution in [0.4, 0.5) is 0 Å². The molecule has 1 aromatic rings. The molecule has 5 rings (SSSR count). The Hall–Kier alpha value is -1.30. The summed E-state index contributed by atoms with van der Waals surface area (Å²) in [6.45, 7) is 8.92. The summed E-state index contributed by atoms with van der Waals surface area (Å²) >= 11 is 0. The zero-order chi connectivity index (χ0) is 21.3. The fourth-order valence-electron chi connectivity index (χ4n) is 8.76. The smallest absolute Gasteiger partial charge is 0.171 e. The molecule has 0 radical (unpaired) electrons. The van der Waals surface area contributed by atoms with Gasteiger partial charge in [-0.1, -0.05) is 13.8 Å². The number of nitrogens with zero attached hydrogens (tertiary/aromatic N) is 4. The SMILES string of the molecule is Cc1nnn(CC(=O)[C@H]2C[C@@H](C)[C@H]3[C@@H]4CC[C@@H]5C[C@](C)(O)CC[C@@H]5[C@H]4CC[C@@]32C)n1. The molecule has 0 aliphatic heterocycles. The second-order valence-electron chi connectivity index (χ2n) is 11.7. The van der Waals surface area contributed by atoms with Gasteiger partial charge in [0.2, 0.25) is 0 Å².